The van der Waals surface area contributed by atoms with Gasteiger partial charge in [-0.15, -0.1) is 11.3 Å². The quantitative estimate of drug-likeness (QED) is 0.907. The van der Waals surface area contributed by atoms with E-state index in [9.17, 15) is 0 Å². The number of rotatable bonds is 4. The number of hydrogen-bond acceptors (Lipinski definition) is 4. The number of aromatic nitrogens is 3. The van der Waals surface area contributed by atoms with Crippen molar-refractivity contribution in [1.29, 1.82) is 0 Å². The highest BCUT2D eigenvalue weighted by molar-refractivity contribution is 7.13. The van der Waals surface area contributed by atoms with Gasteiger partial charge in [0.05, 0.1) is 11.4 Å². The van der Waals surface area contributed by atoms with Crippen LogP contribution in [0.4, 0.5) is 5.13 Å². The summed E-state index contributed by atoms with van der Waals surface area (Å²) in [4.78, 5) is 4.49. The first-order valence-corrected chi connectivity index (χ1v) is 6.67. The molecule has 4 nitrogen and oxygen atoms in total. The van der Waals surface area contributed by atoms with E-state index in [1.165, 1.54) is 11.3 Å². The highest BCUT2D eigenvalue weighted by atomic mass is 32.1. The summed E-state index contributed by atoms with van der Waals surface area (Å²) in [5.41, 5.74) is 4.71. The molecule has 0 bridgehead atoms. The molecular formula is C12H18N4S. The lowest BCUT2D eigenvalue weighted by Gasteiger charge is -2.03. The third-order valence-electron chi connectivity index (χ3n) is 2.99. The van der Waals surface area contributed by atoms with Gasteiger partial charge in [-0.25, -0.2) is 4.98 Å². The summed E-state index contributed by atoms with van der Waals surface area (Å²) >= 11 is 1.66. The van der Waals surface area contributed by atoms with E-state index in [2.05, 4.69) is 34.6 Å². The second kappa shape index (κ2) is 4.87. The van der Waals surface area contributed by atoms with E-state index in [1.54, 1.807) is 11.3 Å². The van der Waals surface area contributed by atoms with Crippen molar-refractivity contribution >= 4 is 16.5 Å². The average molecular weight is 250 g/mol. The Morgan fingerprint density at radius 3 is 2.71 bits per heavy atom. The van der Waals surface area contributed by atoms with Crippen LogP contribution in [0.3, 0.4) is 0 Å². The number of anilines is 1. The van der Waals surface area contributed by atoms with Crippen molar-refractivity contribution in [3.05, 3.63) is 28.0 Å². The van der Waals surface area contributed by atoms with Gasteiger partial charge in [0.2, 0.25) is 0 Å². The Labute approximate surface area is 106 Å². The molecule has 0 radical (unpaired) electrons. The fourth-order valence-electron chi connectivity index (χ4n) is 1.79. The lowest BCUT2D eigenvalue weighted by atomic mass is 10.2. The van der Waals surface area contributed by atoms with Gasteiger partial charge in [0.1, 0.15) is 0 Å². The molecule has 0 fully saturated rings. The highest BCUT2D eigenvalue weighted by Crippen LogP contribution is 2.18. The second-order valence-corrected chi connectivity index (χ2v) is 4.98. The lowest BCUT2D eigenvalue weighted by molar-refractivity contribution is 0.730. The maximum Gasteiger partial charge on any atom is 0.183 e. The molecule has 0 aliphatic carbocycles. The summed E-state index contributed by atoms with van der Waals surface area (Å²) in [7, 11) is 1.98. The molecule has 2 aromatic rings. The molecule has 0 atom stereocenters. The van der Waals surface area contributed by atoms with E-state index in [0.29, 0.717) is 0 Å². The van der Waals surface area contributed by atoms with Crippen LogP contribution in [0.5, 0.6) is 0 Å². The van der Waals surface area contributed by atoms with E-state index >= 15 is 0 Å². The Balaban J connectivity index is 2.07. The van der Waals surface area contributed by atoms with Crippen LogP contribution in [-0.2, 0) is 20.0 Å². The predicted octanol–water partition coefficient (Wildman–Crippen LogP) is 2.67. The maximum absolute atomic E-state index is 4.49. The van der Waals surface area contributed by atoms with E-state index in [1.807, 2.05) is 18.7 Å². The number of nitrogens with one attached hydrogen (secondary N) is 1. The van der Waals surface area contributed by atoms with Crippen LogP contribution in [-0.4, -0.2) is 14.8 Å². The normalized spacial score (nSPS) is 10.8. The Bertz CT molecular complexity index is 513. The molecule has 2 rings (SSSR count). The van der Waals surface area contributed by atoms with Crippen LogP contribution in [0.15, 0.2) is 5.38 Å². The van der Waals surface area contributed by atoms with Crippen molar-refractivity contribution in [1.82, 2.24) is 14.8 Å². The molecule has 92 valence electrons. The van der Waals surface area contributed by atoms with Gasteiger partial charge in [-0.05, 0) is 20.3 Å². The summed E-state index contributed by atoms with van der Waals surface area (Å²) in [6, 6.07) is 0. The molecule has 0 unspecified atom stereocenters. The van der Waals surface area contributed by atoms with Crippen molar-refractivity contribution in [2.45, 2.75) is 33.7 Å². The molecule has 0 aliphatic rings. The summed E-state index contributed by atoms with van der Waals surface area (Å²) < 4.78 is 1.92. The molecule has 0 spiro atoms. The number of hydrogen-bond donors (Lipinski definition) is 1. The smallest absolute Gasteiger partial charge is 0.183 e. The van der Waals surface area contributed by atoms with Crippen LogP contribution >= 0.6 is 11.3 Å². The molecule has 0 aromatic carbocycles. The molecule has 0 saturated heterocycles. The zero-order valence-electron chi connectivity index (χ0n) is 10.7. The minimum Gasteiger partial charge on any atom is -0.357 e. The Kier molecular flexibility index (Phi) is 3.47. The number of nitrogens with zero attached hydrogens (tertiary/aromatic N) is 3. The van der Waals surface area contributed by atoms with E-state index < -0.39 is 0 Å². The Morgan fingerprint density at radius 2 is 2.18 bits per heavy atom. The summed E-state index contributed by atoms with van der Waals surface area (Å²) in [6.45, 7) is 7.05. The van der Waals surface area contributed by atoms with E-state index in [0.717, 1.165) is 29.5 Å². The largest absolute Gasteiger partial charge is 0.357 e. The predicted molar refractivity (Wildman–Crippen MR) is 71.5 cm³/mol. The zero-order valence-corrected chi connectivity index (χ0v) is 11.6. The molecular weight excluding hydrogens is 232 g/mol. The van der Waals surface area contributed by atoms with Crippen LogP contribution in [0, 0.1) is 13.8 Å². The first-order valence-electron chi connectivity index (χ1n) is 5.79. The fourth-order valence-corrected chi connectivity index (χ4v) is 2.58. The third kappa shape index (κ3) is 2.49. The molecule has 5 heteroatoms. The molecule has 1 N–H and O–H groups in total. The fraction of sp³-hybridized carbons (Fsp3) is 0.500. The van der Waals surface area contributed by atoms with Gasteiger partial charge in [-0.3, -0.25) is 4.68 Å². The van der Waals surface area contributed by atoms with Gasteiger partial charge in [-0.2, -0.15) is 5.10 Å². The Hall–Kier alpha value is -1.36. The minimum absolute atomic E-state index is 0.794. The lowest BCUT2D eigenvalue weighted by Crippen LogP contribution is -2.02. The zero-order chi connectivity index (χ0) is 12.4. The maximum atomic E-state index is 4.49. The second-order valence-electron chi connectivity index (χ2n) is 4.12. The first kappa shape index (κ1) is 12.1. The monoisotopic (exact) mass is 250 g/mol. The van der Waals surface area contributed by atoms with Crippen LogP contribution in [0.1, 0.15) is 29.6 Å². The topological polar surface area (TPSA) is 42.7 Å². The van der Waals surface area contributed by atoms with Crippen LogP contribution < -0.4 is 5.32 Å². The van der Waals surface area contributed by atoms with E-state index in [4.69, 9.17) is 0 Å². The van der Waals surface area contributed by atoms with Crippen molar-refractivity contribution in [2.75, 3.05) is 5.32 Å². The summed E-state index contributed by atoms with van der Waals surface area (Å²) in [5, 5.41) is 10.9. The van der Waals surface area contributed by atoms with Crippen LogP contribution in [0.2, 0.25) is 0 Å². The van der Waals surface area contributed by atoms with Crippen molar-refractivity contribution < 1.29 is 0 Å². The first-order chi connectivity index (χ1) is 8.11. The van der Waals surface area contributed by atoms with Gasteiger partial charge in [-0.1, -0.05) is 6.92 Å². The summed E-state index contributed by atoms with van der Waals surface area (Å²) in [6.07, 6.45) is 0.989. The third-order valence-corrected chi connectivity index (χ3v) is 3.84. The number of thiazole rings is 1. The number of aryl methyl sites for hydroxylation is 3. The van der Waals surface area contributed by atoms with Crippen molar-refractivity contribution in [2.24, 2.45) is 7.05 Å². The SMILES string of the molecule is CCc1csc(NCc2c(C)nn(C)c2C)n1. The molecule has 2 heterocycles. The minimum atomic E-state index is 0.794. The van der Waals surface area contributed by atoms with Gasteiger partial charge < -0.3 is 5.32 Å². The van der Waals surface area contributed by atoms with Crippen LogP contribution in [0.25, 0.3) is 0 Å². The highest BCUT2D eigenvalue weighted by Gasteiger charge is 2.09. The Morgan fingerprint density at radius 1 is 1.41 bits per heavy atom. The standard InChI is InChI=1S/C12H18N4S/c1-5-10-7-17-12(14-10)13-6-11-8(2)15-16(4)9(11)3/h7H,5-6H2,1-4H3,(H,13,14). The van der Waals surface area contributed by atoms with Gasteiger partial charge >= 0.3 is 0 Å². The van der Waals surface area contributed by atoms with Crippen molar-refractivity contribution in [3.8, 4) is 0 Å². The van der Waals surface area contributed by atoms with Gasteiger partial charge in [0, 0.05) is 30.2 Å². The average Bonchev–Trinajstić information content (AvgIpc) is 2.84. The molecule has 2 aromatic heterocycles. The molecule has 0 saturated carbocycles. The molecule has 0 amide bonds. The molecule has 0 aliphatic heterocycles. The van der Waals surface area contributed by atoms with Gasteiger partial charge in [0.15, 0.2) is 5.13 Å². The van der Waals surface area contributed by atoms with Gasteiger partial charge in [0.25, 0.3) is 0 Å². The molecule has 17 heavy (non-hydrogen) atoms. The van der Waals surface area contributed by atoms with Crippen molar-refractivity contribution in [3.63, 3.8) is 0 Å². The van der Waals surface area contributed by atoms with E-state index in [-0.39, 0.29) is 0 Å². The summed E-state index contributed by atoms with van der Waals surface area (Å²) in [5.74, 6) is 0.